The van der Waals surface area contributed by atoms with Crippen molar-refractivity contribution >= 4 is 28.9 Å². The van der Waals surface area contributed by atoms with Gasteiger partial charge in [-0.1, -0.05) is 6.08 Å². The first-order valence-corrected chi connectivity index (χ1v) is 7.06. The number of benzene rings is 1. The number of nitro groups is 1. The molecular weight excluding hydrogens is 306 g/mol. The smallest absolute Gasteiger partial charge is 0.266 e. The zero-order valence-corrected chi connectivity index (χ0v) is 12.7. The van der Waals surface area contributed by atoms with Crippen LogP contribution in [0.15, 0.2) is 30.3 Å². The molecule has 0 N–H and O–H groups in total. The number of carbonyl (C=O) groups excluding carboxylic acids is 1. The summed E-state index contributed by atoms with van der Waals surface area (Å²) in [6.07, 6.45) is 2.74. The minimum Gasteiger partial charge on any atom is -0.865 e. The Bertz CT molecular complexity index is 763. The van der Waals surface area contributed by atoms with Crippen molar-refractivity contribution in [3.05, 3.63) is 55.8 Å². The van der Waals surface area contributed by atoms with Crippen LogP contribution >= 0.6 is 11.3 Å². The summed E-state index contributed by atoms with van der Waals surface area (Å²) in [4.78, 5) is 23.7. The van der Waals surface area contributed by atoms with Gasteiger partial charge < -0.3 is 9.84 Å². The van der Waals surface area contributed by atoms with Crippen LogP contribution in [-0.2, 0) is 0 Å². The highest BCUT2D eigenvalue weighted by Gasteiger charge is 2.13. The third-order valence-electron chi connectivity index (χ3n) is 2.88. The summed E-state index contributed by atoms with van der Waals surface area (Å²) in [6.45, 7) is 1.90. The van der Waals surface area contributed by atoms with Crippen molar-refractivity contribution in [1.82, 2.24) is 0 Å². The molecule has 1 aromatic heterocycles. The van der Waals surface area contributed by atoms with E-state index in [1.54, 1.807) is 6.07 Å². The molecular formula is C15H12NO5S-. The molecule has 22 heavy (non-hydrogen) atoms. The molecule has 0 saturated carbocycles. The van der Waals surface area contributed by atoms with Crippen LogP contribution in [0.2, 0.25) is 0 Å². The first-order valence-electron chi connectivity index (χ1n) is 6.24. The molecule has 0 radical (unpaired) electrons. The van der Waals surface area contributed by atoms with Crippen LogP contribution < -0.4 is 9.84 Å². The molecule has 0 aliphatic carbocycles. The fourth-order valence-corrected chi connectivity index (χ4v) is 2.60. The summed E-state index contributed by atoms with van der Waals surface area (Å²) in [6, 6.07) is 6.04. The van der Waals surface area contributed by atoms with Gasteiger partial charge >= 0.3 is 0 Å². The third-order valence-corrected chi connectivity index (χ3v) is 3.90. The largest absolute Gasteiger partial charge is 0.865 e. The number of ether oxygens (including phenoxy) is 1. The molecule has 0 bridgehead atoms. The number of hydrogen-bond donors (Lipinski definition) is 0. The van der Waals surface area contributed by atoms with Crippen LogP contribution in [0.4, 0.5) is 5.69 Å². The maximum absolute atomic E-state index is 12.0. The molecule has 0 aliphatic heterocycles. The van der Waals surface area contributed by atoms with Crippen molar-refractivity contribution in [2.45, 2.75) is 6.92 Å². The van der Waals surface area contributed by atoms with Crippen LogP contribution in [0.5, 0.6) is 11.5 Å². The molecule has 1 heterocycles. The molecule has 7 heteroatoms. The number of ketones is 1. The Labute approximate surface area is 130 Å². The normalized spacial score (nSPS) is 10.8. The molecule has 1 aromatic carbocycles. The van der Waals surface area contributed by atoms with E-state index in [4.69, 9.17) is 4.74 Å². The van der Waals surface area contributed by atoms with E-state index in [0.717, 1.165) is 10.9 Å². The summed E-state index contributed by atoms with van der Waals surface area (Å²) < 4.78 is 4.84. The molecule has 2 rings (SSSR count). The number of nitro benzene ring substituents is 1. The van der Waals surface area contributed by atoms with Crippen LogP contribution in [0, 0.1) is 17.0 Å². The lowest BCUT2D eigenvalue weighted by molar-refractivity contribution is -0.398. The second-order valence-corrected chi connectivity index (χ2v) is 5.72. The van der Waals surface area contributed by atoms with E-state index in [2.05, 4.69) is 0 Å². The Morgan fingerprint density at radius 1 is 1.36 bits per heavy atom. The second kappa shape index (κ2) is 6.40. The zero-order chi connectivity index (χ0) is 16.3. The number of hydrogen-bond acceptors (Lipinski definition) is 6. The van der Waals surface area contributed by atoms with E-state index in [9.17, 15) is 20.0 Å². The highest BCUT2D eigenvalue weighted by molar-refractivity contribution is 7.14. The molecule has 0 aliphatic rings. The lowest BCUT2D eigenvalue weighted by Crippen LogP contribution is -2.01. The fourth-order valence-electron chi connectivity index (χ4n) is 1.81. The van der Waals surface area contributed by atoms with E-state index >= 15 is 0 Å². The van der Waals surface area contributed by atoms with Gasteiger partial charge in [0.25, 0.3) is 5.69 Å². The summed E-state index contributed by atoms with van der Waals surface area (Å²) in [7, 11) is 1.26. The van der Waals surface area contributed by atoms with E-state index in [1.807, 2.05) is 13.0 Å². The fraction of sp³-hybridized carbons (Fsp3) is 0.133. The predicted molar refractivity (Wildman–Crippen MR) is 81.5 cm³/mol. The monoisotopic (exact) mass is 318 g/mol. The van der Waals surface area contributed by atoms with Gasteiger partial charge in [-0.15, -0.1) is 11.3 Å². The van der Waals surface area contributed by atoms with E-state index in [1.165, 1.54) is 36.7 Å². The number of nitrogens with zero attached hydrogens (tertiary/aromatic N) is 1. The Hall–Kier alpha value is -2.67. The first kappa shape index (κ1) is 15.7. The van der Waals surface area contributed by atoms with Crippen molar-refractivity contribution in [3.63, 3.8) is 0 Å². The zero-order valence-electron chi connectivity index (χ0n) is 11.9. The van der Waals surface area contributed by atoms with Crippen molar-refractivity contribution in [2.24, 2.45) is 0 Å². The van der Waals surface area contributed by atoms with Crippen molar-refractivity contribution in [2.75, 3.05) is 7.11 Å². The van der Waals surface area contributed by atoms with Gasteiger partial charge in [0.05, 0.1) is 16.9 Å². The van der Waals surface area contributed by atoms with Gasteiger partial charge in [0, 0.05) is 16.7 Å². The molecule has 0 amide bonds. The van der Waals surface area contributed by atoms with Gasteiger partial charge in [0.2, 0.25) is 0 Å². The van der Waals surface area contributed by atoms with Gasteiger partial charge in [-0.05, 0) is 36.8 Å². The van der Waals surface area contributed by atoms with Crippen LogP contribution in [0.3, 0.4) is 0 Å². The number of thiophene rings is 1. The molecule has 0 atom stereocenters. The number of rotatable bonds is 5. The second-order valence-electron chi connectivity index (χ2n) is 4.44. The SMILES string of the molecule is COc1cc(/C=C/C(=O)c2ccc(C)s2)cc([N+](=O)[O-])c1[O-]. The predicted octanol–water partition coefficient (Wildman–Crippen LogP) is 2.94. The van der Waals surface area contributed by atoms with Crippen LogP contribution in [0.1, 0.15) is 20.1 Å². The van der Waals surface area contributed by atoms with Crippen molar-refractivity contribution in [3.8, 4) is 11.5 Å². The van der Waals surface area contributed by atoms with E-state index < -0.39 is 16.4 Å². The summed E-state index contributed by atoms with van der Waals surface area (Å²) in [5.74, 6) is -1.12. The average Bonchev–Trinajstić information content (AvgIpc) is 2.92. The summed E-state index contributed by atoms with van der Waals surface area (Å²) in [5.41, 5.74) is -0.233. The number of methoxy groups -OCH3 is 1. The maximum Gasteiger partial charge on any atom is 0.266 e. The summed E-state index contributed by atoms with van der Waals surface area (Å²) in [5, 5.41) is 22.6. The number of allylic oxidation sites excluding steroid dienone is 1. The molecule has 0 saturated heterocycles. The molecule has 2 aromatic rings. The van der Waals surface area contributed by atoms with Crippen LogP contribution in [0.25, 0.3) is 6.08 Å². The van der Waals surface area contributed by atoms with Gasteiger partial charge in [-0.25, -0.2) is 0 Å². The molecule has 0 unspecified atom stereocenters. The molecule has 114 valence electrons. The molecule has 0 spiro atoms. The topological polar surface area (TPSA) is 92.5 Å². The number of carbonyl (C=O) groups is 1. The Balaban J connectivity index is 2.33. The lowest BCUT2D eigenvalue weighted by Gasteiger charge is -2.13. The van der Waals surface area contributed by atoms with Gasteiger partial charge in [-0.3, -0.25) is 14.9 Å². The highest BCUT2D eigenvalue weighted by atomic mass is 32.1. The van der Waals surface area contributed by atoms with E-state index in [-0.39, 0.29) is 11.5 Å². The Morgan fingerprint density at radius 3 is 2.64 bits per heavy atom. The van der Waals surface area contributed by atoms with Crippen molar-refractivity contribution < 1.29 is 19.6 Å². The van der Waals surface area contributed by atoms with Crippen LogP contribution in [-0.4, -0.2) is 17.8 Å². The standard InChI is InChI=1S/C15H13NO5S/c1-9-3-6-14(22-9)12(17)5-4-10-7-11(16(19)20)15(18)13(8-10)21-2/h3-8,18H,1-2H3/p-1/b5-4+. The van der Waals surface area contributed by atoms with E-state index in [0.29, 0.717) is 10.4 Å². The molecule has 0 fully saturated rings. The Kier molecular flexibility index (Phi) is 4.57. The molecule has 6 nitrogen and oxygen atoms in total. The summed E-state index contributed by atoms with van der Waals surface area (Å²) >= 11 is 1.37. The quantitative estimate of drug-likeness (QED) is 0.366. The average molecular weight is 318 g/mol. The van der Waals surface area contributed by atoms with Crippen molar-refractivity contribution in [1.29, 1.82) is 0 Å². The Morgan fingerprint density at radius 2 is 2.09 bits per heavy atom. The minimum absolute atomic E-state index is 0.131. The minimum atomic E-state index is -0.787. The maximum atomic E-state index is 12.0. The number of aryl methyl sites for hydroxylation is 1. The van der Waals surface area contributed by atoms with Gasteiger partial charge in [0.1, 0.15) is 5.75 Å². The third kappa shape index (κ3) is 3.32. The first-order chi connectivity index (χ1) is 10.4. The highest BCUT2D eigenvalue weighted by Crippen LogP contribution is 2.34. The van der Waals surface area contributed by atoms with Gasteiger partial charge in [0.15, 0.2) is 5.78 Å². The lowest BCUT2D eigenvalue weighted by atomic mass is 10.1. The van der Waals surface area contributed by atoms with Gasteiger partial charge in [-0.2, -0.15) is 0 Å².